The SMILES string of the molecule is Cc1cc(C(N)=O)c(F)cc1Nc1ncc2c(n1)n(C1CCCC(O[Si](c3ccccc3)(c3ccccc3)C(C)(C)C)C1)c(=O)n2C. The molecule has 0 spiro atoms. The van der Waals surface area contributed by atoms with E-state index in [0.717, 1.165) is 19.3 Å². The maximum Gasteiger partial charge on any atom is 0.330 e. The standard InChI is InChI=1S/C36H41FN6O3Si/c1-23-19-28(32(38)44)29(37)21-30(23)40-34-39-22-31-33(41-34)43(35(45)42(31)5)24-13-12-14-25(20-24)46-47(36(2,3)4,26-15-8-6-9-16-26)27-17-10-7-11-18-27/h6-11,15-19,21-22,24-25H,12-14,20H2,1-5H3,(H2,38,44)(H,39,40,41). The number of primary amides is 1. The van der Waals surface area contributed by atoms with Gasteiger partial charge in [0.2, 0.25) is 5.95 Å². The number of aryl methyl sites for hydroxylation is 2. The van der Waals surface area contributed by atoms with Gasteiger partial charge < -0.3 is 15.5 Å². The van der Waals surface area contributed by atoms with E-state index in [4.69, 9.17) is 15.1 Å². The summed E-state index contributed by atoms with van der Waals surface area (Å²) in [6, 6.07) is 23.7. The Hall–Kier alpha value is -4.61. The number of rotatable bonds is 8. The predicted molar refractivity (Wildman–Crippen MR) is 186 cm³/mol. The van der Waals surface area contributed by atoms with E-state index in [1.54, 1.807) is 29.3 Å². The number of nitrogens with zero attached hydrogens (tertiary/aromatic N) is 4. The Morgan fingerprint density at radius 2 is 1.68 bits per heavy atom. The Balaban J connectivity index is 1.36. The van der Waals surface area contributed by atoms with E-state index in [9.17, 15) is 14.0 Å². The summed E-state index contributed by atoms with van der Waals surface area (Å²) in [6.45, 7) is 8.55. The molecule has 1 aliphatic carbocycles. The number of halogens is 1. The van der Waals surface area contributed by atoms with Crippen molar-refractivity contribution in [3.05, 3.63) is 106 Å². The van der Waals surface area contributed by atoms with Crippen LogP contribution in [0.1, 0.15) is 68.4 Å². The number of amides is 1. The first kappa shape index (κ1) is 32.3. The fraction of sp³-hybridized carbons (Fsp3) is 0.333. The predicted octanol–water partition coefficient (Wildman–Crippen LogP) is 5.48. The van der Waals surface area contributed by atoms with Crippen LogP contribution in [0.2, 0.25) is 5.04 Å². The molecule has 3 N–H and O–H groups in total. The zero-order valence-electron chi connectivity index (χ0n) is 27.5. The van der Waals surface area contributed by atoms with Crippen molar-refractivity contribution in [2.24, 2.45) is 12.8 Å². The Labute approximate surface area is 274 Å². The second kappa shape index (κ2) is 12.5. The molecule has 244 valence electrons. The van der Waals surface area contributed by atoms with Crippen molar-refractivity contribution in [3.63, 3.8) is 0 Å². The fourth-order valence-corrected chi connectivity index (χ4v) is 11.8. The van der Waals surface area contributed by atoms with E-state index in [1.807, 2.05) is 12.1 Å². The Bertz CT molecular complexity index is 1950. The first-order valence-corrected chi connectivity index (χ1v) is 17.9. The Morgan fingerprint density at radius 3 is 2.28 bits per heavy atom. The number of imidazole rings is 1. The van der Waals surface area contributed by atoms with Crippen LogP contribution in [0.5, 0.6) is 0 Å². The van der Waals surface area contributed by atoms with Crippen LogP contribution in [0.4, 0.5) is 16.0 Å². The number of anilines is 2. The first-order chi connectivity index (χ1) is 22.4. The maximum atomic E-state index is 14.6. The van der Waals surface area contributed by atoms with E-state index in [-0.39, 0.29) is 34.4 Å². The number of nitrogens with two attached hydrogens (primary N) is 1. The molecule has 3 aromatic carbocycles. The van der Waals surface area contributed by atoms with Crippen LogP contribution in [-0.2, 0) is 11.5 Å². The number of aromatic nitrogens is 4. The fourth-order valence-electron chi connectivity index (χ4n) is 7.05. The monoisotopic (exact) mass is 652 g/mol. The van der Waals surface area contributed by atoms with Gasteiger partial charge >= 0.3 is 5.69 Å². The Kier molecular flexibility index (Phi) is 8.62. The molecule has 1 aliphatic rings. The average molecular weight is 653 g/mol. The van der Waals surface area contributed by atoms with Crippen LogP contribution in [0.25, 0.3) is 11.2 Å². The van der Waals surface area contributed by atoms with Crippen molar-refractivity contribution in [3.8, 4) is 0 Å². The molecule has 0 saturated heterocycles. The third-order valence-electron chi connectivity index (χ3n) is 9.38. The number of benzene rings is 3. The molecular weight excluding hydrogens is 612 g/mol. The molecule has 6 rings (SSSR count). The summed E-state index contributed by atoms with van der Waals surface area (Å²) in [5.41, 5.74) is 7.05. The van der Waals surface area contributed by atoms with Gasteiger partial charge in [-0.15, -0.1) is 0 Å². The maximum absolute atomic E-state index is 14.6. The van der Waals surface area contributed by atoms with Gasteiger partial charge in [0, 0.05) is 24.9 Å². The van der Waals surface area contributed by atoms with Gasteiger partial charge in [0.25, 0.3) is 14.2 Å². The van der Waals surface area contributed by atoms with Crippen LogP contribution in [-0.4, -0.2) is 39.4 Å². The minimum Gasteiger partial charge on any atom is -0.404 e. The molecule has 2 atom stereocenters. The molecule has 2 aromatic heterocycles. The van der Waals surface area contributed by atoms with Crippen molar-refractivity contribution in [2.75, 3.05) is 5.32 Å². The highest BCUT2D eigenvalue weighted by Crippen LogP contribution is 2.41. The van der Waals surface area contributed by atoms with Crippen molar-refractivity contribution in [1.82, 2.24) is 19.1 Å². The van der Waals surface area contributed by atoms with Gasteiger partial charge in [0.05, 0.1) is 11.8 Å². The lowest BCUT2D eigenvalue weighted by molar-refractivity contribution is 0.0996. The van der Waals surface area contributed by atoms with Gasteiger partial charge in [-0.2, -0.15) is 4.98 Å². The van der Waals surface area contributed by atoms with Crippen LogP contribution >= 0.6 is 0 Å². The van der Waals surface area contributed by atoms with Crippen LogP contribution in [0.15, 0.2) is 83.8 Å². The van der Waals surface area contributed by atoms with Crippen LogP contribution in [0, 0.1) is 12.7 Å². The molecule has 1 amide bonds. The molecule has 1 fully saturated rings. The Morgan fingerprint density at radius 1 is 1.04 bits per heavy atom. The molecular formula is C36H41FN6O3Si. The molecule has 0 bridgehead atoms. The van der Waals surface area contributed by atoms with Crippen molar-refractivity contribution < 1.29 is 13.6 Å². The molecule has 2 heterocycles. The van der Waals surface area contributed by atoms with E-state index in [0.29, 0.717) is 28.8 Å². The number of carbonyl (C=O) groups excluding carboxylic acids is 1. The summed E-state index contributed by atoms with van der Waals surface area (Å²) in [7, 11) is -1.07. The third kappa shape index (κ3) is 5.89. The van der Waals surface area contributed by atoms with E-state index >= 15 is 0 Å². The van der Waals surface area contributed by atoms with Crippen molar-refractivity contribution in [2.45, 2.75) is 70.6 Å². The van der Waals surface area contributed by atoms with Gasteiger partial charge in [0.15, 0.2) is 5.65 Å². The zero-order valence-corrected chi connectivity index (χ0v) is 28.5. The molecule has 2 unspecified atom stereocenters. The number of hydrogen-bond donors (Lipinski definition) is 2. The highest BCUT2D eigenvalue weighted by molar-refractivity contribution is 6.99. The highest BCUT2D eigenvalue weighted by atomic mass is 28.4. The molecule has 0 radical (unpaired) electrons. The number of hydrogen-bond acceptors (Lipinski definition) is 6. The van der Waals surface area contributed by atoms with Crippen LogP contribution in [0.3, 0.4) is 0 Å². The van der Waals surface area contributed by atoms with Crippen LogP contribution < -0.4 is 27.1 Å². The van der Waals surface area contributed by atoms with E-state index in [2.05, 4.69) is 79.6 Å². The summed E-state index contributed by atoms with van der Waals surface area (Å²) >= 11 is 0. The topological polar surface area (TPSA) is 117 Å². The van der Waals surface area contributed by atoms with E-state index < -0.39 is 20.0 Å². The normalized spacial score (nSPS) is 17.1. The summed E-state index contributed by atoms with van der Waals surface area (Å²) in [5.74, 6) is -1.37. The van der Waals surface area contributed by atoms with Gasteiger partial charge in [0.1, 0.15) is 11.3 Å². The summed E-state index contributed by atoms with van der Waals surface area (Å²) in [4.78, 5) is 34.5. The second-order valence-electron chi connectivity index (χ2n) is 13.5. The molecule has 11 heteroatoms. The van der Waals surface area contributed by atoms with Gasteiger partial charge in [-0.25, -0.2) is 14.2 Å². The largest absolute Gasteiger partial charge is 0.404 e. The second-order valence-corrected chi connectivity index (χ2v) is 17.7. The van der Waals surface area contributed by atoms with Crippen molar-refractivity contribution in [1.29, 1.82) is 0 Å². The lowest BCUT2D eigenvalue weighted by Crippen LogP contribution is -2.68. The first-order valence-electron chi connectivity index (χ1n) is 16.0. The molecule has 1 saturated carbocycles. The smallest absolute Gasteiger partial charge is 0.330 e. The van der Waals surface area contributed by atoms with Gasteiger partial charge in [-0.05, 0) is 65.7 Å². The third-order valence-corrected chi connectivity index (χ3v) is 14.5. The number of nitrogens with one attached hydrogen (secondary N) is 1. The summed E-state index contributed by atoms with van der Waals surface area (Å²) in [5, 5.41) is 5.35. The summed E-state index contributed by atoms with van der Waals surface area (Å²) < 4.78 is 25.4. The lowest BCUT2D eigenvalue weighted by atomic mass is 9.93. The van der Waals surface area contributed by atoms with Gasteiger partial charge in [-0.3, -0.25) is 13.9 Å². The van der Waals surface area contributed by atoms with Crippen molar-refractivity contribution >= 4 is 47.4 Å². The zero-order chi connectivity index (χ0) is 33.5. The lowest BCUT2D eigenvalue weighted by Gasteiger charge is -2.46. The minimum absolute atomic E-state index is 0.0731. The minimum atomic E-state index is -2.79. The quantitative estimate of drug-likeness (QED) is 0.215. The molecule has 5 aromatic rings. The highest BCUT2D eigenvalue weighted by Gasteiger charge is 2.51. The average Bonchev–Trinajstić information content (AvgIpc) is 3.30. The molecule has 0 aliphatic heterocycles. The van der Waals surface area contributed by atoms with Gasteiger partial charge in [-0.1, -0.05) is 81.4 Å². The number of fused-ring (bicyclic) bond motifs is 1. The van der Waals surface area contributed by atoms with E-state index in [1.165, 1.54) is 22.5 Å². The summed E-state index contributed by atoms with van der Waals surface area (Å²) in [6.07, 6.45) is 4.80. The molecule has 47 heavy (non-hydrogen) atoms. The molecule has 9 nitrogen and oxygen atoms in total. The number of carbonyl (C=O) groups is 1.